The van der Waals surface area contributed by atoms with Gasteiger partial charge in [0.1, 0.15) is 0 Å². The van der Waals surface area contributed by atoms with E-state index in [-0.39, 0.29) is 0 Å². The standard InChI is InChI=1S/C21H13BrN2/c22-12-5-6-18-14(8-12)20-17-10-23-9-16(17)19-13-4-2-1-3-11(13)7-15(19)21(20)24-18/h1-6,8-10,23-24H,7H2. The number of hydrogen-bond donors (Lipinski definition) is 2. The van der Waals surface area contributed by atoms with Gasteiger partial charge >= 0.3 is 0 Å². The molecule has 0 saturated carbocycles. The number of nitrogens with one attached hydrogen (secondary N) is 2. The van der Waals surface area contributed by atoms with E-state index in [1.165, 1.54) is 54.8 Å². The fraction of sp³-hybridized carbons (Fsp3) is 0.0476. The maximum atomic E-state index is 3.69. The van der Waals surface area contributed by atoms with E-state index in [0.29, 0.717) is 0 Å². The van der Waals surface area contributed by atoms with Crippen LogP contribution in [0.1, 0.15) is 11.1 Å². The van der Waals surface area contributed by atoms with Crippen molar-refractivity contribution in [2.24, 2.45) is 0 Å². The Hall–Kier alpha value is -2.52. The summed E-state index contributed by atoms with van der Waals surface area (Å²) in [4.78, 5) is 7.02. The summed E-state index contributed by atoms with van der Waals surface area (Å²) in [5, 5.41) is 5.23. The number of H-pyrrole nitrogens is 2. The summed E-state index contributed by atoms with van der Waals surface area (Å²) in [6.07, 6.45) is 5.27. The molecule has 114 valence electrons. The summed E-state index contributed by atoms with van der Waals surface area (Å²) in [5.41, 5.74) is 8.08. The lowest BCUT2D eigenvalue weighted by Gasteiger charge is -2.06. The van der Waals surface area contributed by atoms with Crippen LogP contribution in [0.4, 0.5) is 0 Å². The minimum atomic E-state index is 0.997. The van der Waals surface area contributed by atoms with Crippen molar-refractivity contribution in [2.75, 3.05) is 0 Å². The largest absolute Gasteiger partial charge is 0.366 e. The molecule has 2 aromatic heterocycles. The van der Waals surface area contributed by atoms with Crippen LogP contribution in [0, 0.1) is 0 Å². The van der Waals surface area contributed by atoms with E-state index in [2.05, 4.69) is 80.8 Å². The Morgan fingerprint density at radius 2 is 1.79 bits per heavy atom. The van der Waals surface area contributed by atoms with E-state index < -0.39 is 0 Å². The molecule has 1 aliphatic rings. The molecule has 0 spiro atoms. The molecule has 2 N–H and O–H groups in total. The number of benzene rings is 3. The maximum Gasteiger partial charge on any atom is 0.0514 e. The van der Waals surface area contributed by atoms with Crippen LogP contribution in [-0.2, 0) is 6.42 Å². The molecule has 24 heavy (non-hydrogen) atoms. The van der Waals surface area contributed by atoms with Gasteiger partial charge in [0.2, 0.25) is 0 Å². The second kappa shape index (κ2) is 4.31. The van der Waals surface area contributed by atoms with E-state index in [4.69, 9.17) is 0 Å². The first-order valence-electron chi connectivity index (χ1n) is 8.12. The lowest BCUT2D eigenvalue weighted by atomic mass is 9.97. The normalized spacial score (nSPS) is 13.0. The molecular formula is C21H13BrN2. The Kier molecular flexibility index (Phi) is 2.31. The molecule has 0 radical (unpaired) electrons. The molecule has 0 bridgehead atoms. The lowest BCUT2D eigenvalue weighted by Crippen LogP contribution is -1.84. The van der Waals surface area contributed by atoms with Gasteiger partial charge in [-0.1, -0.05) is 40.2 Å². The van der Waals surface area contributed by atoms with E-state index >= 15 is 0 Å². The van der Waals surface area contributed by atoms with Gasteiger partial charge in [-0.15, -0.1) is 0 Å². The molecule has 2 nitrogen and oxygen atoms in total. The van der Waals surface area contributed by atoms with Crippen molar-refractivity contribution in [1.82, 2.24) is 9.97 Å². The fourth-order valence-corrected chi connectivity index (χ4v) is 4.69. The molecule has 5 aromatic rings. The molecule has 0 aliphatic heterocycles. The van der Waals surface area contributed by atoms with E-state index in [1.807, 2.05) is 0 Å². The molecule has 6 rings (SSSR count). The van der Waals surface area contributed by atoms with Gasteiger partial charge < -0.3 is 9.97 Å². The first-order valence-corrected chi connectivity index (χ1v) is 8.91. The van der Waals surface area contributed by atoms with Crippen LogP contribution in [0.5, 0.6) is 0 Å². The Morgan fingerprint density at radius 1 is 0.917 bits per heavy atom. The summed E-state index contributed by atoms with van der Waals surface area (Å²) in [6.45, 7) is 0. The van der Waals surface area contributed by atoms with Crippen LogP contribution in [0.3, 0.4) is 0 Å². The zero-order valence-electron chi connectivity index (χ0n) is 12.8. The van der Waals surface area contributed by atoms with Gasteiger partial charge in [0.05, 0.1) is 5.52 Å². The molecule has 1 aliphatic carbocycles. The SMILES string of the molecule is Brc1ccc2[nH]c3c4c(c5c[nH]cc5c3c2c1)-c1ccccc1C4. The molecule has 0 fully saturated rings. The summed E-state index contributed by atoms with van der Waals surface area (Å²) in [7, 11) is 0. The first-order chi connectivity index (χ1) is 11.8. The van der Waals surface area contributed by atoms with Gasteiger partial charge in [-0.25, -0.2) is 0 Å². The van der Waals surface area contributed by atoms with Crippen LogP contribution in [-0.4, -0.2) is 9.97 Å². The van der Waals surface area contributed by atoms with Gasteiger partial charge in [-0.2, -0.15) is 0 Å². The summed E-state index contributed by atoms with van der Waals surface area (Å²) in [6, 6.07) is 15.2. The summed E-state index contributed by atoms with van der Waals surface area (Å²) >= 11 is 3.62. The number of halogens is 1. The summed E-state index contributed by atoms with van der Waals surface area (Å²) < 4.78 is 1.11. The Morgan fingerprint density at radius 3 is 2.75 bits per heavy atom. The second-order valence-corrected chi connectivity index (χ2v) is 7.45. The van der Waals surface area contributed by atoms with Crippen molar-refractivity contribution in [2.45, 2.75) is 6.42 Å². The van der Waals surface area contributed by atoms with E-state index in [0.717, 1.165) is 10.9 Å². The second-order valence-electron chi connectivity index (χ2n) is 6.54. The predicted molar refractivity (Wildman–Crippen MR) is 104 cm³/mol. The van der Waals surface area contributed by atoms with Crippen molar-refractivity contribution in [3.63, 3.8) is 0 Å². The van der Waals surface area contributed by atoms with Gasteiger partial charge in [-0.3, -0.25) is 0 Å². The summed E-state index contributed by atoms with van der Waals surface area (Å²) in [5.74, 6) is 0. The molecule has 3 aromatic carbocycles. The van der Waals surface area contributed by atoms with Crippen LogP contribution in [0.25, 0.3) is 43.7 Å². The molecular weight excluding hydrogens is 360 g/mol. The molecule has 0 unspecified atom stereocenters. The fourth-order valence-electron chi connectivity index (χ4n) is 4.33. The quantitative estimate of drug-likeness (QED) is 0.321. The van der Waals surface area contributed by atoms with Crippen molar-refractivity contribution in [1.29, 1.82) is 0 Å². The van der Waals surface area contributed by atoms with Crippen molar-refractivity contribution in [3.05, 3.63) is 70.5 Å². The molecule has 2 heterocycles. The Bertz CT molecular complexity index is 1290. The van der Waals surface area contributed by atoms with Crippen LogP contribution in [0.2, 0.25) is 0 Å². The maximum absolute atomic E-state index is 3.69. The highest BCUT2D eigenvalue weighted by molar-refractivity contribution is 9.10. The Labute approximate surface area is 146 Å². The molecule has 3 heteroatoms. The van der Waals surface area contributed by atoms with Gasteiger partial charge in [0, 0.05) is 50.3 Å². The lowest BCUT2D eigenvalue weighted by molar-refractivity contribution is 1.27. The zero-order chi connectivity index (χ0) is 15.8. The van der Waals surface area contributed by atoms with Crippen LogP contribution < -0.4 is 0 Å². The zero-order valence-corrected chi connectivity index (χ0v) is 14.4. The molecule has 0 saturated heterocycles. The Balaban J connectivity index is 1.91. The van der Waals surface area contributed by atoms with Crippen LogP contribution in [0.15, 0.2) is 59.3 Å². The molecule has 0 amide bonds. The number of aromatic amines is 2. The average Bonchev–Trinajstić information content (AvgIpc) is 3.27. The van der Waals surface area contributed by atoms with Crippen molar-refractivity contribution in [3.8, 4) is 11.1 Å². The number of hydrogen-bond acceptors (Lipinski definition) is 0. The van der Waals surface area contributed by atoms with Crippen molar-refractivity contribution < 1.29 is 0 Å². The molecule has 0 atom stereocenters. The van der Waals surface area contributed by atoms with Gasteiger partial charge in [-0.05, 0) is 40.5 Å². The van der Waals surface area contributed by atoms with Gasteiger partial charge in [0.15, 0.2) is 0 Å². The average molecular weight is 373 g/mol. The predicted octanol–water partition coefficient (Wildman–Crippen LogP) is 6.14. The van der Waals surface area contributed by atoms with Gasteiger partial charge in [0.25, 0.3) is 0 Å². The third-order valence-electron chi connectivity index (χ3n) is 5.30. The van der Waals surface area contributed by atoms with Crippen LogP contribution >= 0.6 is 15.9 Å². The third kappa shape index (κ3) is 1.46. The third-order valence-corrected chi connectivity index (χ3v) is 5.80. The highest BCUT2D eigenvalue weighted by Crippen LogP contribution is 2.47. The monoisotopic (exact) mass is 372 g/mol. The topological polar surface area (TPSA) is 31.6 Å². The number of fused-ring (bicyclic) bond motifs is 10. The highest BCUT2D eigenvalue weighted by Gasteiger charge is 2.25. The van der Waals surface area contributed by atoms with Crippen molar-refractivity contribution >= 4 is 48.5 Å². The van der Waals surface area contributed by atoms with E-state index in [1.54, 1.807) is 0 Å². The highest BCUT2D eigenvalue weighted by atomic mass is 79.9. The minimum absolute atomic E-state index is 0.997. The number of rotatable bonds is 0. The van der Waals surface area contributed by atoms with E-state index in [9.17, 15) is 0 Å². The number of aromatic nitrogens is 2. The smallest absolute Gasteiger partial charge is 0.0514 e. The first kappa shape index (κ1) is 12.8. The minimum Gasteiger partial charge on any atom is -0.366 e.